The lowest BCUT2D eigenvalue weighted by atomic mass is 10.2. The quantitative estimate of drug-likeness (QED) is 0.588. The molecule has 0 saturated heterocycles. The molecule has 0 atom stereocenters. The molecule has 0 aliphatic carbocycles. The van der Waals surface area contributed by atoms with Gasteiger partial charge in [0.1, 0.15) is 11.6 Å². The summed E-state index contributed by atoms with van der Waals surface area (Å²) in [4.78, 5) is 10.2. The number of anilines is 2. The van der Waals surface area contributed by atoms with Crippen molar-refractivity contribution in [3.05, 3.63) is 52.1 Å². The van der Waals surface area contributed by atoms with Gasteiger partial charge in [0, 0.05) is 12.1 Å². The Morgan fingerprint density at radius 2 is 1.86 bits per heavy atom. The smallest absolute Gasteiger partial charge is 0.300 e. The third-order valence-corrected chi connectivity index (χ3v) is 2.79. The highest BCUT2D eigenvalue weighted by Gasteiger charge is 2.20. The van der Waals surface area contributed by atoms with Gasteiger partial charge in [0.25, 0.3) is 0 Å². The number of hydrogen-bond acceptors (Lipinski definition) is 6. The summed E-state index contributed by atoms with van der Waals surface area (Å²) in [7, 11) is 0. The topological polar surface area (TPSA) is 94.1 Å². The van der Waals surface area contributed by atoms with E-state index in [1.54, 1.807) is 0 Å². The summed E-state index contributed by atoms with van der Waals surface area (Å²) in [5, 5.41) is 20.4. The maximum atomic E-state index is 13.6. The van der Waals surface area contributed by atoms with E-state index in [-0.39, 0.29) is 28.1 Å². The first-order valence-corrected chi connectivity index (χ1v) is 5.68. The fourth-order valence-corrected chi connectivity index (χ4v) is 1.84. The summed E-state index contributed by atoms with van der Waals surface area (Å²) in [6, 6.07) is 5.38. The van der Waals surface area contributed by atoms with Crippen LogP contribution < -0.4 is 5.32 Å². The first kappa shape index (κ1) is 12.9. The Hall–Kier alpha value is -3.10. The number of nitrogens with one attached hydrogen (secondary N) is 1. The van der Waals surface area contributed by atoms with Crippen molar-refractivity contribution in [2.45, 2.75) is 0 Å². The molecule has 0 aliphatic heterocycles. The van der Waals surface area contributed by atoms with Crippen LogP contribution in [-0.2, 0) is 0 Å². The van der Waals surface area contributed by atoms with Crippen LogP contribution in [-0.4, -0.2) is 15.2 Å². The van der Waals surface area contributed by atoms with Crippen LogP contribution >= 0.6 is 0 Å². The number of rotatable bonds is 3. The monoisotopic (exact) mass is 292 g/mol. The molecule has 7 nitrogen and oxygen atoms in total. The highest BCUT2D eigenvalue weighted by molar-refractivity contribution is 5.94. The van der Waals surface area contributed by atoms with E-state index in [1.165, 1.54) is 12.1 Å². The molecule has 1 heterocycles. The van der Waals surface area contributed by atoms with Gasteiger partial charge in [0.05, 0.1) is 16.3 Å². The molecule has 0 amide bonds. The largest absolute Gasteiger partial charge is 0.351 e. The van der Waals surface area contributed by atoms with Crippen LogP contribution in [0, 0.1) is 21.7 Å². The average molecular weight is 292 g/mol. The van der Waals surface area contributed by atoms with Crippen molar-refractivity contribution >= 4 is 28.1 Å². The van der Waals surface area contributed by atoms with E-state index in [0.717, 1.165) is 18.2 Å². The van der Waals surface area contributed by atoms with Gasteiger partial charge >= 0.3 is 5.69 Å². The average Bonchev–Trinajstić information content (AvgIpc) is 2.92. The van der Waals surface area contributed by atoms with Crippen LogP contribution in [0.15, 0.2) is 35.0 Å². The SMILES string of the molecule is O=[N+]([O-])c1ccc(Nc2cc(F)ccc2F)c2nonc12. The number of fused-ring (bicyclic) bond motifs is 1. The molecule has 1 N–H and O–H groups in total. The molecule has 9 heteroatoms. The van der Waals surface area contributed by atoms with Crippen molar-refractivity contribution < 1.29 is 18.3 Å². The highest BCUT2D eigenvalue weighted by atomic mass is 19.1. The predicted octanol–water partition coefficient (Wildman–Crippen LogP) is 3.15. The third kappa shape index (κ3) is 2.24. The zero-order chi connectivity index (χ0) is 15.0. The fourth-order valence-electron chi connectivity index (χ4n) is 1.84. The zero-order valence-corrected chi connectivity index (χ0v) is 10.2. The normalized spacial score (nSPS) is 10.8. The molecular formula is C12H6F2N4O3. The van der Waals surface area contributed by atoms with E-state index in [9.17, 15) is 18.9 Å². The molecule has 106 valence electrons. The van der Waals surface area contributed by atoms with Gasteiger partial charge in [-0.15, -0.1) is 0 Å². The molecule has 3 rings (SSSR count). The van der Waals surface area contributed by atoms with Gasteiger partial charge in [-0.25, -0.2) is 13.4 Å². The second-order valence-electron chi connectivity index (χ2n) is 4.10. The van der Waals surface area contributed by atoms with Crippen molar-refractivity contribution in [3.63, 3.8) is 0 Å². The molecule has 1 aromatic heterocycles. The molecule has 3 aromatic rings. The number of nitro benzene ring substituents is 1. The molecule has 21 heavy (non-hydrogen) atoms. The predicted molar refractivity (Wildman–Crippen MR) is 68.1 cm³/mol. The van der Waals surface area contributed by atoms with E-state index in [2.05, 4.69) is 20.3 Å². The Kier molecular flexibility index (Phi) is 2.94. The van der Waals surface area contributed by atoms with Crippen molar-refractivity contribution in [1.29, 1.82) is 0 Å². The number of aromatic nitrogens is 2. The Balaban J connectivity index is 2.10. The van der Waals surface area contributed by atoms with Gasteiger partial charge in [0.2, 0.25) is 5.52 Å². The summed E-state index contributed by atoms with van der Waals surface area (Å²) < 4.78 is 31.2. The van der Waals surface area contributed by atoms with Crippen LogP contribution in [0.2, 0.25) is 0 Å². The number of hydrogen-bond donors (Lipinski definition) is 1. The Morgan fingerprint density at radius 3 is 2.62 bits per heavy atom. The molecule has 0 unspecified atom stereocenters. The molecule has 0 fully saturated rings. The minimum absolute atomic E-state index is 0.0489. The second-order valence-corrected chi connectivity index (χ2v) is 4.10. The standard InChI is InChI=1S/C12H6F2N4O3/c13-6-1-2-7(14)9(5-6)15-8-3-4-10(18(19)20)12-11(8)16-21-17-12/h1-5,15H. The highest BCUT2D eigenvalue weighted by Crippen LogP contribution is 2.31. The number of benzene rings is 2. The van der Waals surface area contributed by atoms with E-state index in [4.69, 9.17) is 0 Å². The Labute approximate surface area is 115 Å². The summed E-state index contributed by atoms with van der Waals surface area (Å²) in [6.07, 6.45) is 0. The lowest BCUT2D eigenvalue weighted by Gasteiger charge is -2.07. The Morgan fingerprint density at radius 1 is 1.10 bits per heavy atom. The minimum atomic E-state index is -0.681. The van der Waals surface area contributed by atoms with Crippen molar-refractivity contribution in [2.75, 3.05) is 5.32 Å². The van der Waals surface area contributed by atoms with Crippen molar-refractivity contribution in [3.8, 4) is 0 Å². The number of halogens is 2. The molecule has 0 spiro atoms. The molecule has 0 radical (unpaired) electrons. The van der Waals surface area contributed by atoms with Gasteiger partial charge in [-0.1, -0.05) is 0 Å². The number of non-ortho nitro benzene ring substituents is 1. The zero-order valence-electron chi connectivity index (χ0n) is 10.2. The summed E-state index contributed by atoms with van der Waals surface area (Å²) in [6.45, 7) is 0. The molecule has 0 aliphatic rings. The van der Waals surface area contributed by atoms with Crippen LogP contribution in [0.1, 0.15) is 0 Å². The first-order valence-electron chi connectivity index (χ1n) is 5.68. The van der Waals surface area contributed by atoms with Gasteiger partial charge in [0.15, 0.2) is 5.52 Å². The second kappa shape index (κ2) is 4.78. The third-order valence-electron chi connectivity index (χ3n) is 2.79. The lowest BCUT2D eigenvalue weighted by Crippen LogP contribution is -1.97. The first-order chi connectivity index (χ1) is 10.1. The van der Waals surface area contributed by atoms with E-state index in [0.29, 0.717) is 0 Å². The summed E-state index contributed by atoms with van der Waals surface area (Å²) in [5.41, 5.74) is -0.249. The number of nitrogens with zero attached hydrogens (tertiary/aromatic N) is 3. The van der Waals surface area contributed by atoms with Crippen LogP contribution in [0.5, 0.6) is 0 Å². The summed E-state index contributed by atoms with van der Waals surface area (Å²) >= 11 is 0. The van der Waals surface area contributed by atoms with Crippen molar-refractivity contribution in [1.82, 2.24) is 10.3 Å². The maximum absolute atomic E-state index is 13.6. The fraction of sp³-hybridized carbons (Fsp3) is 0. The van der Waals surface area contributed by atoms with Crippen LogP contribution in [0.3, 0.4) is 0 Å². The summed E-state index contributed by atoms with van der Waals surface area (Å²) in [5.74, 6) is -1.31. The van der Waals surface area contributed by atoms with E-state index in [1.807, 2.05) is 0 Å². The van der Waals surface area contributed by atoms with E-state index >= 15 is 0 Å². The van der Waals surface area contributed by atoms with Crippen LogP contribution in [0.4, 0.5) is 25.8 Å². The molecular weight excluding hydrogens is 286 g/mol. The van der Waals surface area contributed by atoms with Gasteiger partial charge in [-0.3, -0.25) is 10.1 Å². The van der Waals surface area contributed by atoms with Crippen molar-refractivity contribution in [2.24, 2.45) is 0 Å². The number of nitro groups is 1. The van der Waals surface area contributed by atoms with Crippen LogP contribution in [0.25, 0.3) is 11.0 Å². The van der Waals surface area contributed by atoms with E-state index < -0.39 is 16.6 Å². The minimum Gasteiger partial charge on any atom is -0.351 e. The van der Waals surface area contributed by atoms with Gasteiger partial charge in [-0.2, -0.15) is 0 Å². The molecule has 0 bridgehead atoms. The Bertz CT molecular complexity index is 850. The maximum Gasteiger partial charge on any atom is 0.300 e. The lowest BCUT2D eigenvalue weighted by molar-refractivity contribution is -0.383. The molecule has 2 aromatic carbocycles. The molecule has 0 saturated carbocycles. The van der Waals surface area contributed by atoms with Gasteiger partial charge < -0.3 is 5.32 Å². The van der Waals surface area contributed by atoms with Gasteiger partial charge in [-0.05, 0) is 28.5 Å².